The van der Waals surface area contributed by atoms with Crippen molar-refractivity contribution in [2.45, 2.75) is 117 Å². The van der Waals surface area contributed by atoms with Crippen LogP contribution in [0.2, 0.25) is 0 Å². The summed E-state index contributed by atoms with van der Waals surface area (Å²) in [5.41, 5.74) is 0. The first-order valence-electron chi connectivity index (χ1n) is 10.0. The van der Waals surface area contributed by atoms with Crippen molar-refractivity contribution in [3.05, 3.63) is 12.2 Å². The third kappa shape index (κ3) is 32.9. The molecule has 0 aromatic rings. The summed E-state index contributed by atoms with van der Waals surface area (Å²) in [5, 5.41) is 7.83. The molecule has 0 aliphatic heterocycles. The standard InChI is InChI=1S/C17H36.C4H6O2.H2O/c1-3-5-7-9-11-13-15-17-16-14-12-10-8-6-4-2;1-2-3-4(5)6;/h3-17H2,1-2H3;2-3H,1H3,(H,5,6);1H2. The Morgan fingerprint density at radius 1 is 0.667 bits per heavy atom. The van der Waals surface area contributed by atoms with E-state index in [0.717, 1.165) is 6.08 Å². The maximum absolute atomic E-state index is 9.51. The number of unbranched alkanes of at least 4 members (excludes halogenated alkanes) is 14. The van der Waals surface area contributed by atoms with Crippen LogP contribution < -0.4 is 0 Å². The van der Waals surface area contributed by atoms with E-state index in [0.29, 0.717) is 0 Å². The Morgan fingerprint density at radius 2 is 0.917 bits per heavy atom. The van der Waals surface area contributed by atoms with Gasteiger partial charge in [0.2, 0.25) is 0 Å². The highest BCUT2D eigenvalue weighted by molar-refractivity contribution is 5.79. The van der Waals surface area contributed by atoms with Crippen molar-refractivity contribution in [1.29, 1.82) is 0 Å². The second kappa shape index (κ2) is 27.0. The minimum absolute atomic E-state index is 0. The number of carbonyl (C=O) groups is 1. The molecule has 0 saturated heterocycles. The molecule has 0 rings (SSSR count). The summed E-state index contributed by atoms with van der Waals surface area (Å²) < 4.78 is 0. The highest BCUT2D eigenvalue weighted by atomic mass is 16.4. The van der Waals surface area contributed by atoms with Crippen LogP contribution in [0.3, 0.4) is 0 Å². The van der Waals surface area contributed by atoms with Crippen LogP contribution in [-0.4, -0.2) is 16.6 Å². The van der Waals surface area contributed by atoms with Crippen molar-refractivity contribution in [3.63, 3.8) is 0 Å². The molecule has 0 fully saturated rings. The van der Waals surface area contributed by atoms with Gasteiger partial charge in [-0.05, 0) is 6.92 Å². The normalized spacial score (nSPS) is 10.1. The molecule has 3 heteroatoms. The second-order valence-corrected chi connectivity index (χ2v) is 6.43. The zero-order chi connectivity index (χ0) is 17.6. The maximum atomic E-state index is 9.51. The predicted molar refractivity (Wildman–Crippen MR) is 107 cm³/mol. The lowest BCUT2D eigenvalue weighted by molar-refractivity contribution is -0.131. The zero-order valence-electron chi connectivity index (χ0n) is 16.6. The molecule has 0 aliphatic carbocycles. The van der Waals surface area contributed by atoms with Crippen LogP contribution in [0.25, 0.3) is 0 Å². The van der Waals surface area contributed by atoms with Gasteiger partial charge in [-0.25, -0.2) is 4.79 Å². The van der Waals surface area contributed by atoms with Crippen molar-refractivity contribution in [3.8, 4) is 0 Å². The third-order valence-electron chi connectivity index (χ3n) is 4.02. The lowest BCUT2D eigenvalue weighted by Crippen LogP contribution is -1.83. The monoisotopic (exact) mass is 344 g/mol. The number of hydrogen-bond acceptors (Lipinski definition) is 1. The molecule has 0 radical (unpaired) electrons. The van der Waals surface area contributed by atoms with Crippen LogP contribution in [0.1, 0.15) is 117 Å². The summed E-state index contributed by atoms with van der Waals surface area (Å²) in [7, 11) is 0. The Kier molecular flexibility index (Phi) is 31.5. The number of carboxylic acids is 1. The van der Waals surface area contributed by atoms with Gasteiger partial charge in [0.05, 0.1) is 0 Å². The van der Waals surface area contributed by atoms with E-state index in [1.807, 2.05) is 0 Å². The fraction of sp³-hybridized carbons (Fsp3) is 0.857. The maximum Gasteiger partial charge on any atom is 0.327 e. The molecule has 0 heterocycles. The number of allylic oxidation sites excluding steroid dienone is 1. The summed E-state index contributed by atoms with van der Waals surface area (Å²) in [6, 6.07) is 0. The third-order valence-corrected chi connectivity index (χ3v) is 4.02. The lowest BCUT2D eigenvalue weighted by Gasteiger charge is -2.02. The lowest BCUT2D eigenvalue weighted by atomic mass is 10.0. The smallest absolute Gasteiger partial charge is 0.327 e. The van der Waals surface area contributed by atoms with E-state index in [1.165, 1.54) is 102 Å². The van der Waals surface area contributed by atoms with Crippen molar-refractivity contribution >= 4 is 5.97 Å². The van der Waals surface area contributed by atoms with Crippen molar-refractivity contribution in [2.24, 2.45) is 0 Å². The average Bonchev–Trinajstić information content (AvgIpc) is 2.52. The quantitative estimate of drug-likeness (QED) is 0.265. The number of hydrogen-bond donors (Lipinski definition) is 1. The average molecular weight is 345 g/mol. The van der Waals surface area contributed by atoms with Gasteiger partial charge in [-0.3, -0.25) is 0 Å². The van der Waals surface area contributed by atoms with E-state index in [-0.39, 0.29) is 5.48 Å². The summed E-state index contributed by atoms with van der Waals surface area (Å²) in [5.74, 6) is -0.891. The molecule has 0 atom stereocenters. The van der Waals surface area contributed by atoms with Crippen molar-refractivity contribution in [2.75, 3.05) is 0 Å². The van der Waals surface area contributed by atoms with Crippen molar-refractivity contribution in [1.82, 2.24) is 0 Å². The molecule has 3 nitrogen and oxygen atoms in total. The Balaban J connectivity index is -0.000000538. The Bertz CT molecular complexity index is 235. The van der Waals surface area contributed by atoms with E-state index in [9.17, 15) is 4.79 Å². The summed E-state index contributed by atoms with van der Waals surface area (Å²) in [4.78, 5) is 9.51. The van der Waals surface area contributed by atoms with E-state index in [1.54, 1.807) is 6.92 Å². The molecule has 0 aliphatic rings. The predicted octanol–water partition coefficient (Wildman–Crippen LogP) is 6.70. The molecule has 24 heavy (non-hydrogen) atoms. The van der Waals surface area contributed by atoms with Gasteiger partial charge in [-0.1, -0.05) is 116 Å². The Morgan fingerprint density at radius 3 is 1.04 bits per heavy atom. The van der Waals surface area contributed by atoms with Gasteiger partial charge in [0, 0.05) is 6.08 Å². The van der Waals surface area contributed by atoms with Crippen LogP contribution in [0.15, 0.2) is 12.2 Å². The van der Waals surface area contributed by atoms with Crippen LogP contribution in [0, 0.1) is 0 Å². The molecule has 0 saturated carbocycles. The first-order valence-corrected chi connectivity index (χ1v) is 10.0. The molecular weight excluding hydrogens is 300 g/mol. The summed E-state index contributed by atoms with van der Waals surface area (Å²) in [6.07, 6.45) is 24.5. The van der Waals surface area contributed by atoms with E-state index >= 15 is 0 Å². The van der Waals surface area contributed by atoms with Crippen LogP contribution in [0.5, 0.6) is 0 Å². The molecular formula is C21H44O3. The molecule has 0 amide bonds. The van der Waals surface area contributed by atoms with Gasteiger partial charge in [0.25, 0.3) is 0 Å². The van der Waals surface area contributed by atoms with E-state index < -0.39 is 5.97 Å². The van der Waals surface area contributed by atoms with Gasteiger partial charge in [0.1, 0.15) is 0 Å². The zero-order valence-corrected chi connectivity index (χ0v) is 16.6. The van der Waals surface area contributed by atoms with E-state index in [4.69, 9.17) is 5.11 Å². The Labute approximate surface area is 151 Å². The van der Waals surface area contributed by atoms with Crippen LogP contribution in [0.4, 0.5) is 0 Å². The second-order valence-electron chi connectivity index (χ2n) is 6.43. The summed E-state index contributed by atoms with van der Waals surface area (Å²) in [6.45, 7) is 6.25. The van der Waals surface area contributed by atoms with Gasteiger partial charge in [-0.15, -0.1) is 0 Å². The van der Waals surface area contributed by atoms with Gasteiger partial charge in [-0.2, -0.15) is 0 Å². The van der Waals surface area contributed by atoms with Gasteiger partial charge < -0.3 is 10.6 Å². The highest BCUT2D eigenvalue weighted by Crippen LogP contribution is 2.13. The SMILES string of the molecule is CC=CC(=O)O.CCCCCCCCCCCCCCCCC.O. The number of carboxylic acid groups (broad SMARTS) is 1. The fourth-order valence-corrected chi connectivity index (χ4v) is 2.59. The molecule has 0 aromatic carbocycles. The topological polar surface area (TPSA) is 68.8 Å². The highest BCUT2D eigenvalue weighted by Gasteiger charge is 1.93. The van der Waals surface area contributed by atoms with Crippen LogP contribution in [-0.2, 0) is 4.79 Å². The minimum Gasteiger partial charge on any atom is -0.478 e. The number of aliphatic carboxylic acids is 1. The minimum atomic E-state index is -0.891. The Hall–Kier alpha value is -0.830. The molecule has 146 valence electrons. The molecule has 3 N–H and O–H groups in total. The summed E-state index contributed by atoms with van der Waals surface area (Å²) >= 11 is 0. The van der Waals surface area contributed by atoms with Gasteiger partial charge in [0.15, 0.2) is 0 Å². The molecule has 0 unspecified atom stereocenters. The van der Waals surface area contributed by atoms with E-state index in [2.05, 4.69) is 13.8 Å². The van der Waals surface area contributed by atoms with Crippen LogP contribution >= 0.6 is 0 Å². The van der Waals surface area contributed by atoms with Gasteiger partial charge >= 0.3 is 5.97 Å². The molecule has 0 bridgehead atoms. The largest absolute Gasteiger partial charge is 0.478 e. The molecule has 0 spiro atoms. The van der Waals surface area contributed by atoms with Crippen molar-refractivity contribution < 1.29 is 15.4 Å². The number of rotatable bonds is 15. The fourth-order valence-electron chi connectivity index (χ4n) is 2.59. The molecule has 0 aromatic heterocycles. The first kappa shape index (κ1) is 28.0. The first-order chi connectivity index (χ1) is 11.2.